The van der Waals surface area contributed by atoms with Crippen LogP contribution in [-0.2, 0) is 0 Å². The second-order valence-corrected chi connectivity index (χ2v) is 5.71. The van der Waals surface area contributed by atoms with Gasteiger partial charge in [0.05, 0.1) is 11.2 Å². The number of carbonyl (C=O) groups excluding carboxylic acids is 1. The number of benzene rings is 2. The molecule has 0 bridgehead atoms. The van der Waals surface area contributed by atoms with Crippen LogP contribution in [0.5, 0.6) is 0 Å². The standard InChI is InChI=1S/C17H11Cl2NO/c1-10-6-16(11-2-4-13(18)5-3-11)20-17-12(9-21)7-14(19)8-15(10)17/h2-9H,1H3. The molecule has 0 saturated carbocycles. The number of aldehydes is 1. The van der Waals surface area contributed by atoms with E-state index < -0.39 is 0 Å². The van der Waals surface area contributed by atoms with Gasteiger partial charge in [-0.1, -0.05) is 35.3 Å². The minimum absolute atomic E-state index is 0.497. The fourth-order valence-corrected chi connectivity index (χ4v) is 2.69. The smallest absolute Gasteiger partial charge is 0.152 e. The lowest BCUT2D eigenvalue weighted by Gasteiger charge is -2.09. The van der Waals surface area contributed by atoms with E-state index in [9.17, 15) is 4.79 Å². The molecule has 0 fully saturated rings. The van der Waals surface area contributed by atoms with Gasteiger partial charge in [0.25, 0.3) is 0 Å². The molecule has 1 aromatic heterocycles. The number of nitrogens with zero attached hydrogens (tertiary/aromatic N) is 1. The summed E-state index contributed by atoms with van der Waals surface area (Å²) in [7, 11) is 0. The second-order valence-electron chi connectivity index (χ2n) is 4.84. The lowest BCUT2D eigenvalue weighted by Crippen LogP contribution is -1.93. The first-order chi connectivity index (χ1) is 10.1. The predicted octanol–water partition coefficient (Wildman–Crippen LogP) is 5.33. The van der Waals surface area contributed by atoms with E-state index in [-0.39, 0.29) is 0 Å². The Morgan fingerprint density at radius 2 is 1.71 bits per heavy atom. The van der Waals surface area contributed by atoms with Gasteiger partial charge < -0.3 is 0 Å². The highest BCUT2D eigenvalue weighted by molar-refractivity contribution is 6.32. The SMILES string of the molecule is Cc1cc(-c2ccc(Cl)cc2)nc2c(C=O)cc(Cl)cc12. The largest absolute Gasteiger partial charge is 0.298 e. The molecule has 0 aliphatic rings. The number of aryl methyl sites for hydroxylation is 1. The number of halogens is 2. The average molecular weight is 316 g/mol. The van der Waals surface area contributed by atoms with Gasteiger partial charge in [0.2, 0.25) is 0 Å². The molecule has 0 spiro atoms. The van der Waals surface area contributed by atoms with E-state index in [1.54, 1.807) is 6.07 Å². The number of rotatable bonds is 2. The van der Waals surface area contributed by atoms with Gasteiger partial charge in [0.15, 0.2) is 6.29 Å². The number of pyridine rings is 1. The van der Waals surface area contributed by atoms with Crippen molar-refractivity contribution < 1.29 is 4.79 Å². The number of carbonyl (C=O) groups is 1. The lowest BCUT2D eigenvalue weighted by atomic mass is 10.0. The van der Waals surface area contributed by atoms with E-state index >= 15 is 0 Å². The minimum atomic E-state index is 0.497. The molecular weight excluding hydrogens is 305 g/mol. The first kappa shape index (κ1) is 14.1. The molecule has 0 N–H and O–H groups in total. The fraction of sp³-hybridized carbons (Fsp3) is 0.0588. The molecule has 4 heteroatoms. The molecule has 0 unspecified atom stereocenters. The molecular formula is C17H11Cl2NO. The molecule has 2 aromatic carbocycles. The van der Waals surface area contributed by atoms with Crippen molar-refractivity contribution in [3.8, 4) is 11.3 Å². The Hall–Kier alpha value is -1.90. The quantitative estimate of drug-likeness (QED) is 0.598. The van der Waals surface area contributed by atoms with Gasteiger partial charge in [-0.25, -0.2) is 4.98 Å². The molecule has 0 radical (unpaired) electrons. The van der Waals surface area contributed by atoms with Crippen LogP contribution in [0.4, 0.5) is 0 Å². The third-order valence-corrected chi connectivity index (χ3v) is 3.85. The van der Waals surface area contributed by atoms with Crippen molar-refractivity contribution in [2.24, 2.45) is 0 Å². The predicted molar refractivity (Wildman–Crippen MR) is 87.3 cm³/mol. The van der Waals surface area contributed by atoms with Gasteiger partial charge >= 0.3 is 0 Å². The summed E-state index contributed by atoms with van der Waals surface area (Å²) in [4.78, 5) is 15.9. The molecule has 1 heterocycles. The minimum Gasteiger partial charge on any atom is -0.298 e. The first-order valence-electron chi connectivity index (χ1n) is 6.40. The van der Waals surface area contributed by atoms with Gasteiger partial charge in [-0.2, -0.15) is 0 Å². The normalized spacial score (nSPS) is 10.8. The van der Waals surface area contributed by atoms with E-state index in [0.717, 1.165) is 28.5 Å². The number of aromatic nitrogens is 1. The Kier molecular flexibility index (Phi) is 3.66. The molecule has 0 amide bonds. The van der Waals surface area contributed by atoms with E-state index in [4.69, 9.17) is 23.2 Å². The molecule has 21 heavy (non-hydrogen) atoms. The van der Waals surface area contributed by atoms with Crippen molar-refractivity contribution in [1.82, 2.24) is 4.98 Å². The molecule has 3 rings (SSSR count). The summed E-state index contributed by atoms with van der Waals surface area (Å²) >= 11 is 12.0. The second kappa shape index (κ2) is 5.47. The topological polar surface area (TPSA) is 30.0 Å². The van der Waals surface area contributed by atoms with Crippen LogP contribution in [0.2, 0.25) is 10.0 Å². The molecule has 3 aromatic rings. The van der Waals surface area contributed by atoms with E-state index in [1.807, 2.05) is 43.3 Å². The summed E-state index contributed by atoms with van der Waals surface area (Å²) in [6, 6.07) is 12.9. The van der Waals surface area contributed by atoms with Gasteiger partial charge in [-0.3, -0.25) is 4.79 Å². The Morgan fingerprint density at radius 1 is 1.00 bits per heavy atom. The molecule has 0 atom stereocenters. The number of fused-ring (bicyclic) bond motifs is 1. The zero-order valence-electron chi connectivity index (χ0n) is 11.2. The summed E-state index contributed by atoms with van der Waals surface area (Å²) in [5.74, 6) is 0. The third kappa shape index (κ3) is 2.65. The van der Waals surface area contributed by atoms with Crippen LogP contribution in [0.3, 0.4) is 0 Å². The van der Waals surface area contributed by atoms with Crippen LogP contribution >= 0.6 is 23.2 Å². The van der Waals surface area contributed by atoms with Gasteiger partial charge in [-0.05, 0) is 42.8 Å². The van der Waals surface area contributed by atoms with Crippen molar-refractivity contribution in [3.05, 3.63) is 63.6 Å². The van der Waals surface area contributed by atoms with Crippen molar-refractivity contribution in [2.75, 3.05) is 0 Å². The summed E-state index contributed by atoms with van der Waals surface area (Å²) < 4.78 is 0. The van der Waals surface area contributed by atoms with Crippen LogP contribution < -0.4 is 0 Å². The summed E-state index contributed by atoms with van der Waals surface area (Å²) in [6.45, 7) is 1.98. The number of hydrogen-bond acceptors (Lipinski definition) is 2. The maximum Gasteiger partial charge on any atom is 0.152 e. The van der Waals surface area contributed by atoms with E-state index in [1.165, 1.54) is 0 Å². The van der Waals surface area contributed by atoms with Crippen LogP contribution in [-0.4, -0.2) is 11.3 Å². The van der Waals surface area contributed by atoms with Gasteiger partial charge in [0, 0.05) is 26.6 Å². The maximum atomic E-state index is 11.3. The molecule has 2 nitrogen and oxygen atoms in total. The van der Waals surface area contributed by atoms with Crippen LogP contribution in [0.15, 0.2) is 42.5 Å². The zero-order chi connectivity index (χ0) is 15.0. The Morgan fingerprint density at radius 3 is 2.38 bits per heavy atom. The van der Waals surface area contributed by atoms with Crippen molar-refractivity contribution >= 4 is 40.4 Å². The van der Waals surface area contributed by atoms with E-state index in [2.05, 4.69) is 4.98 Å². The maximum absolute atomic E-state index is 11.3. The Bertz CT molecular complexity index is 842. The first-order valence-corrected chi connectivity index (χ1v) is 7.16. The monoisotopic (exact) mass is 315 g/mol. The van der Waals surface area contributed by atoms with Crippen molar-refractivity contribution in [3.63, 3.8) is 0 Å². The average Bonchev–Trinajstić information content (AvgIpc) is 2.48. The van der Waals surface area contributed by atoms with E-state index in [0.29, 0.717) is 21.1 Å². The summed E-state index contributed by atoms with van der Waals surface area (Å²) in [6.07, 6.45) is 0.784. The van der Waals surface area contributed by atoms with Crippen LogP contribution in [0.25, 0.3) is 22.2 Å². The van der Waals surface area contributed by atoms with Crippen molar-refractivity contribution in [1.29, 1.82) is 0 Å². The van der Waals surface area contributed by atoms with Gasteiger partial charge in [0.1, 0.15) is 0 Å². The Balaban J connectivity index is 2.29. The lowest BCUT2D eigenvalue weighted by molar-refractivity contribution is 0.112. The Labute approximate surface area is 132 Å². The molecule has 0 aliphatic heterocycles. The summed E-state index contributed by atoms with van der Waals surface area (Å²) in [5, 5.41) is 2.10. The number of hydrogen-bond donors (Lipinski definition) is 0. The van der Waals surface area contributed by atoms with Gasteiger partial charge in [-0.15, -0.1) is 0 Å². The fourth-order valence-electron chi connectivity index (χ4n) is 2.34. The highest BCUT2D eigenvalue weighted by Crippen LogP contribution is 2.29. The summed E-state index contributed by atoms with van der Waals surface area (Å²) in [5.41, 5.74) is 3.95. The van der Waals surface area contributed by atoms with Crippen LogP contribution in [0, 0.1) is 6.92 Å². The zero-order valence-corrected chi connectivity index (χ0v) is 12.7. The highest BCUT2D eigenvalue weighted by atomic mass is 35.5. The molecule has 0 aliphatic carbocycles. The molecule has 104 valence electrons. The van der Waals surface area contributed by atoms with Crippen LogP contribution in [0.1, 0.15) is 15.9 Å². The highest BCUT2D eigenvalue weighted by Gasteiger charge is 2.10. The third-order valence-electron chi connectivity index (χ3n) is 3.38. The molecule has 0 saturated heterocycles. The van der Waals surface area contributed by atoms with Crippen molar-refractivity contribution in [2.45, 2.75) is 6.92 Å².